The molecule has 0 fully saturated rings. The SMILES string of the molecule is CCCNCc1cc(Oc2cc(Cl)ccc2Cl)ccn1. The lowest BCUT2D eigenvalue weighted by atomic mass is 10.3. The monoisotopic (exact) mass is 310 g/mol. The van der Waals surface area contributed by atoms with Crippen LogP contribution < -0.4 is 10.1 Å². The summed E-state index contributed by atoms with van der Waals surface area (Å²) in [7, 11) is 0. The van der Waals surface area contributed by atoms with Gasteiger partial charge in [0.15, 0.2) is 0 Å². The van der Waals surface area contributed by atoms with Gasteiger partial charge in [-0.25, -0.2) is 0 Å². The van der Waals surface area contributed by atoms with Gasteiger partial charge < -0.3 is 10.1 Å². The molecule has 106 valence electrons. The fourth-order valence-electron chi connectivity index (χ4n) is 1.69. The van der Waals surface area contributed by atoms with Crippen molar-refractivity contribution in [3.8, 4) is 11.5 Å². The van der Waals surface area contributed by atoms with Crippen LogP contribution in [0.3, 0.4) is 0 Å². The maximum atomic E-state index is 6.08. The first-order chi connectivity index (χ1) is 9.69. The second-order valence-corrected chi connectivity index (χ2v) is 5.18. The Morgan fingerprint density at radius 3 is 2.85 bits per heavy atom. The van der Waals surface area contributed by atoms with Gasteiger partial charge in [-0.05, 0) is 31.2 Å². The van der Waals surface area contributed by atoms with E-state index in [2.05, 4.69) is 17.2 Å². The Kier molecular flexibility index (Phi) is 5.65. The molecular weight excluding hydrogens is 295 g/mol. The van der Waals surface area contributed by atoms with Gasteiger partial charge >= 0.3 is 0 Å². The maximum absolute atomic E-state index is 6.08. The third-order valence-corrected chi connectivity index (χ3v) is 3.19. The Labute approximate surface area is 128 Å². The summed E-state index contributed by atoms with van der Waals surface area (Å²) in [6.07, 6.45) is 2.81. The average Bonchev–Trinajstić information content (AvgIpc) is 2.44. The van der Waals surface area contributed by atoms with Crippen LogP contribution in [0.25, 0.3) is 0 Å². The molecule has 0 aliphatic rings. The minimum atomic E-state index is 0.525. The zero-order valence-electron chi connectivity index (χ0n) is 11.2. The van der Waals surface area contributed by atoms with Crippen molar-refractivity contribution in [3.05, 3.63) is 52.3 Å². The van der Waals surface area contributed by atoms with Crippen molar-refractivity contribution in [2.45, 2.75) is 19.9 Å². The number of benzene rings is 1. The predicted molar refractivity (Wildman–Crippen MR) is 82.8 cm³/mol. The van der Waals surface area contributed by atoms with E-state index in [-0.39, 0.29) is 0 Å². The van der Waals surface area contributed by atoms with Crippen LogP contribution in [0, 0.1) is 0 Å². The zero-order chi connectivity index (χ0) is 14.4. The number of halogens is 2. The molecule has 2 rings (SSSR count). The smallest absolute Gasteiger partial charge is 0.147 e. The first-order valence-corrected chi connectivity index (χ1v) is 7.23. The number of nitrogens with zero attached hydrogens (tertiary/aromatic N) is 1. The highest BCUT2D eigenvalue weighted by atomic mass is 35.5. The lowest BCUT2D eigenvalue weighted by Gasteiger charge is -2.09. The first-order valence-electron chi connectivity index (χ1n) is 6.47. The molecule has 0 aliphatic heterocycles. The van der Waals surface area contributed by atoms with Crippen LogP contribution in [0.4, 0.5) is 0 Å². The van der Waals surface area contributed by atoms with Crippen molar-refractivity contribution in [1.29, 1.82) is 0 Å². The highest BCUT2D eigenvalue weighted by molar-refractivity contribution is 6.34. The molecule has 1 heterocycles. The van der Waals surface area contributed by atoms with Crippen LogP contribution >= 0.6 is 23.2 Å². The summed E-state index contributed by atoms with van der Waals surface area (Å²) in [5.41, 5.74) is 0.925. The lowest BCUT2D eigenvalue weighted by molar-refractivity contribution is 0.480. The highest BCUT2D eigenvalue weighted by Crippen LogP contribution is 2.31. The molecule has 0 amide bonds. The van der Waals surface area contributed by atoms with E-state index in [0.29, 0.717) is 28.1 Å². The Morgan fingerprint density at radius 2 is 2.05 bits per heavy atom. The van der Waals surface area contributed by atoms with Crippen LogP contribution in [-0.2, 0) is 6.54 Å². The van der Waals surface area contributed by atoms with Crippen molar-refractivity contribution in [2.75, 3.05) is 6.54 Å². The van der Waals surface area contributed by atoms with Gasteiger partial charge in [0, 0.05) is 29.9 Å². The molecule has 3 nitrogen and oxygen atoms in total. The fourth-order valence-corrected chi connectivity index (χ4v) is 2.01. The predicted octanol–water partition coefficient (Wildman–Crippen LogP) is 4.68. The van der Waals surface area contributed by atoms with Gasteiger partial charge in [0.1, 0.15) is 11.5 Å². The Bertz CT molecular complexity index is 576. The van der Waals surface area contributed by atoms with Crippen molar-refractivity contribution in [2.24, 2.45) is 0 Å². The molecule has 20 heavy (non-hydrogen) atoms. The number of rotatable bonds is 6. The molecule has 5 heteroatoms. The second kappa shape index (κ2) is 7.48. The number of hydrogen-bond acceptors (Lipinski definition) is 3. The van der Waals surface area contributed by atoms with Crippen LogP contribution in [0.1, 0.15) is 19.0 Å². The molecule has 1 N–H and O–H groups in total. The molecule has 0 unspecified atom stereocenters. The molecule has 0 saturated heterocycles. The number of nitrogens with one attached hydrogen (secondary N) is 1. The van der Waals surface area contributed by atoms with Gasteiger partial charge in [-0.15, -0.1) is 0 Å². The first kappa shape index (κ1) is 15.1. The van der Waals surface area contributed by atoms with E-state index in [1.165, 1.54) is 0 Å². The molecule has 0 bridgehead atoms. The molecule has 1 aromatic heterocycles. The molecule has 0 spiro atoms. The van der Waals surface area contributed by atoms with Gasteiger partial charge in [-0.1, -0.05) is 30.1 Å². The summed E-state index contributed by atoms with van der Waals surface area (Å²) in [6.45, 7) is 3.81. The van der Waals surface area contributed by atoms with Gasteiger partial charge in [-0.2, -0.15) is 0 Å². The summed E-state index contributed by atoms with van der Waals surface area (Å²) in [5, 5.41) is 4.41. The second-order valence-electron chi connectivity index (χ2n) is 4.34. The van der Waals surface area contributed by atoms with Gasteiger partial charge in [0.2, 0.25) is 0 Å². The molecule has 0 atom stereocenters. The van der Waals surface area contributed by atoms with Crippen LogP contribution in [0.15, 0.2) is 36.5 Å². The molecule has 2 aromatic rings. The summed E-state index contributed by atoms with van der Waals surface area (Å²) in [5.74, 6) is 1.23. The topological polar surface area (TPSA) is 34.1 Å². The number of aromatic nitrogens is 1. The molecule has 1 aromatic carbocycles. The summed E-state index contributed by atoms with van der Waals surface area (Å²) < 4.78 is 5.75. The van der Waals surface area contributed by atoms with Crippen molar-refractivity contribution in [3.63, 3.8) is 0 Å². The van der Waals surface area contributed by atoms with E-state index in [9.17, 15) is 0 Å². The summed E-state index contributed by atoms with van der Waals surface area (Å²) in [6, 6.07) is 8.81. The molecule has 0 saturated carbocycles. The van der Waals surface area contributed by atoms with E-state index < -0.39 is 0 Å². The largest absolute Gasteiger partial charge is 0.456 e. The van der Waals surface area contributed by atoms with E-state index in [1.807, 2.05) is 6.07 Å². The molecule has 0 radical (unpaired) electrons. The zero-order valence-corrected chi connectivity index (χ0v) is 12.7. The van der Waals surface area contributed by atoms with Crippen LogP contribution in [0.5, 0.6) is 11.5 Å². The average molecular weight is 311 g/mol. The normalized spacial score (nSPS) is 10.6. The van der Waals surface area contributed by atoms with E-state index in [4.69, 9.17) is 27.9 Å². The van der Waals surface area contributed by atoms with E-state index in [0.717, 1.165) is 18.7 Å². The fraction of sp³-hybridized carbons (Fsp3) is 0.267. The summed E-state index contributed by atoms with van der Waals surface area (Å²) in [4.78, 5) is 4.29. The standard InChI is InChI=1S/C15H16Cl2N2O/c1-2-6-18-10-12-9-13(5-7-19-12)20-15-8-11(16)3-4-14(15)17/h3-5,7-9,18H,2,6,10H2,1H3. The number of hydrogen-bond donors (Lipinski definition) is 1. The number of ether oxygens (including phenoxy) is 1. The summed E-state index contributed by atoms with van der Waals surface area (Å²) >= 11 is 12.0. The molecule has 0 aliphatic carbocycles. The Morgan fingerprint density at radius 1 is 1.20 bits per heavy atom. The van der Waals surface area contributed by atoms with Crippen LogP contribution in [-0.4, -0.2) is 11.5 Å². The van der Waals surface area contributed by atoms with Crippen molar-refractivity contribution < 1.29 is 4.74 Å². The van der Waals surface area contributed by atoms with E-state index in [1.54, 1.807) is 30.5 Å². The van der Waals surface area contributed by atoms with Crippen molar-refractivity contribution in [1.82, 2.24) is 10.3 Å². The van der Waals surface area contributed by atoms with Gasteiger partial charge in [0.05, 0.1) is 10.7 Å². The number of pyridine rings is 1. The Hall–Kier alpha value is -1.29. The lowest BCUT2D eigenvalue weighted by Crippen LogP contribution is -2.14. The van der Waals surface area contributed by atoms with Crippen molar-refractivity contribution >= 4 is 23.2 Å². The third kappa shape index (κ3) is 4.37. The van der Waals surface area contributed by atoms with Gasteiger partial charge in [-0.3, -0.25) is 4.98 Å². The van der Waals surface area contributed by atoms with E-state index >= 15 is 0 Å². The highest BCUT2D eigenvalue weighted by Gasteiger charge is 2.05. The minimum absolute atomic E-state index is 0.525. The maximum Gasteiger partial charge on any atom is 0.147 e. The Balaban J connectivity index is 2.09. The third-order valence-electron chi connectivity index (χ3n) is 2.64. The molecular formula is C15H16Cl2N2O. The quantitative estimate of drug-likeness (QED) is 0.787. The minimum Gasteiger partial charge on any atom is -0.456 e. The van der Waals surface area contributed by atoms with Crippen LogP contribution in [0.2, 0.25) is 10.0 Å². The van der Waals surface area contributed by atoms with Gasteiger partial charge in [0.25, 0.3) is 0 Å².